The van der Waals surface area contributed by atoms with Gasteiger partial charge < -0.3 is 9.47 Å². The lowest BCUT2D eigenvalue weighted by molar-refractivity contribution is 0.372. The maximum absolute atomic E-state index is 5.33. The normalized spacial score (nSPS) is 15.2. The van der Waals surface area contributed by atoms with Crippen molar-refractivity contribution in [1.29, 1.82) is 0 Å². The number of pyridine rings is 2. The molecule has 0 fully saturated rings. The second-order valence-corrected chi connectivity index (χ2v) is 11.2. The average Bonchev–Trinajstić information content (AvgIpc) is 3.63. The molecule has 0 amide bonds. The summed E-state index contributed by atoms with van der Waals surface area (Å²) in [5.41, 5.74) is 7.07. The third-order valence-electron chi connectivity index (χ3n) is 8.67. The summed E-state index contributed by atoms with van der Waals surface area (Å²) in [6.07, 6.45) is 3.22. The monoisotopic (exact) mass is 581 g/mol. The zero-order chi connectivity index (χ0) is 29.9. The molecule has 0 N–H and O–H groups in total. The van der Waals surface area contributed by atoms with E-state index >= 15 is 0 Å². The number of rotatable bonds is 3. The lowest BCUT2D eigenvalue weighted by Gasteiger charge is -2.31. The summed E-state index contributed by atoms with van der Waals surface area (Å²) in [5, 5.41) is 4.66. The van der Waals surface area contributed by atoms with Crippen LogP contribution in [0.2, 0.25) is 0 Å². The molecule has 1 atom stereocenters. The summed E-state index contributed by atoms with van der Waals surface area (Å²) in [6.45, 7) is 0. The molecule has 0 radical (unpaired) electrons. The summed E-state index contributed by atoms with van der Waals surface area (Å²) in [6, 6.07) is 44.1. The molecule has 1 aliphatic heterocycles. The minimum Gasteiger partial charge on any atom is -0.331 e. The van der Waals surface area contributed by atoms with Gasteiger partial charge in [0, 0.05) is 46.7 Å². The van der Waals surface area contributed by atoms with Crippen molar-refractivity contribution in [2.24, 2.45) is 9.98 Å². The average molecular weight is 582 g/mol. The van der Waals surface area contributed by atoms with Crippen LogP contribution in [0.4, 0.5) is 0 Å². The van der Waals surface area contributed by atoms with E-state index in [0.29, 0.717) is 5.96 Å². The van der Waals surface area contributed by atoms with E-state index in [2.05, 4.69) is 105 Å². The number of aromatic nitrogens is 4. The molecule has 1 aliphatic rings. The Kier molecular flexibility index (Phi) is 5.65. The van der Waals surface area contributed by atoms with E-state index in [9.17, 15) is 0 Å². The molecule has 1 unspecified atom stereocenters. The minimum atomic E-state index is -0.397. The number of hydrogen-bond donors (Lipinski definition) is 0. The third-order valence-corrected chi connectivity index (χ3v) is 8.67. The van der Waals surface area contributed by atoms with Crippen LogP contribution in [0, 0.1) is 0 Å². The fourth-order valence-electron chi connectivity index (χ4n) is 6.70. The molecule has 7 nitrogen and oxygen atoms in total. The molecule has 4 aromatic carbocycles. The fraction of sp³-hybridized carbons (Fsp3) is 0.0526. The summed E-state index contributed by atoms with van der Waals surface area (Å²) in [5.74, 6) is 1.32. The van der Waals surface area contributed by atoms with Gasteiger partial charge in [-0.3, -0.25) is 14.5 Å². The second kappa shape index (κ2) is 9.99. The van der Waals surface area contributed by atoms with Crippen LogP contribution in [0.1, 0.15) is 17.6 Å². The van der Waals surface area contributed by atoms with Crippen molar-refractivity contribution >= 4 is 55.4 Å². The molecule has 214 valence electrons. The minimum absolute atomic E-state index is 0.397. The Bertz CT molecular complexity index is 2440. The van der Waals surface area contributed by atoms with Crippen molar-refractivity contribution in [2.45, 2.75) is 6.17 Å². The van der Waals surface area contributed by atoms with Crippen molar-refractivity contribution in [2.75, 3.05) is 7.05 Å². The molecule has 0 bridgehead atoms. The number of aliphatic imine (C=N–C) groups is 2. The predicted molar refractivity (Wildman–Crippen MR) is 182 cm³/mol. The molecule has 9 rings (SSSR count). The first-order valence-corrected chi connectivity index (χ1v) is 15.0. The van der Waals surface area contributed by atoms with E-state index in [4.69, 9.17) is 20.0 Å². The van der Waals surface area contributed by atoms with Gasteiger partial charge in [0.2, 0.25) is 5.96 Å². The largest absolute Gasteiger partial charge is 0.331 e. The highest BCUT2D eigenvalue weighted by Crippen LogP contribution is 2.41. The van der Waals surface area contributed by atoms with Gasteiger partial charge in [0.15, 0.2) is 12.0 Å². The zero-order valence-corrected chi connectivity index (χ0v) is 24.5. The maximum atomic E-state index is 5.33. The molecule has 8 aromatic rings. The van der Waals surface area contributed by atoms with Gasteiger partial charge in [-0.1, -0.05) is 78.9 Å². The van der Waals surface area contributed by atoms with Crippen LogP contribution in [-0.4, -0.2) is 42.8 Å². The highest BCUT2D eigenvalue weighted by atomic mass is 15.4. The van der Waals surface area contributed by atoms with Gasteiger partial charge in [-0.15, -0.1) is 0 Å². The van der Waals surface area contributed by atoms with Crippen LogP contribution in [0.15, 0.2) is 150 Å². The van der Waals surface area contributed by atoms with Crippen LogP contribution >= 0.6 is 0 Å². The topological polar surface area (TPSA) is 63.6 Å². The van der Waals surface area contributed by atoms with E-state index in [0.717, 1.165) is 55.8 Å². The second-order valence-electron chi connectivity index (χ2n) is 11.2. The van der Waals surface area contributed by atoms with Crippen LogP contribution in [0.3, 0.4) is 0 Å². The number of hydrogen-bond acceptors (Lipinski definition) is 5. The van der Waals surface area contributed by atoms with Crippen LogP contribution in [-0.2, 0) is 0 Å². The molecule has 0 saturated heterocycles. The Labute approximate surface area is 259 Å². The molecule has 7 heteroatoms. The Morgan fingerprint density at radius 1 is 0.533 bits per heavy atom. The van der Waals surface area contributed by atoms with Crippen LogP contribution < -0.4 is 0 Å². The lowest BCUT2D eigenvalue weighted by atomic mass is 10.1. The predicted octanol–water partition coefficient (Wildman–Crippen LogP) is 7.98. The lowest BCUT2D eigenvalue weighted by Crippen LogP contribution is -2.37. The molecule has 45 heavy (non-hydrogen) atoms. The van der Waals surface area contributed by atoms with Crippen LogP contribution in [0.5, 0.6) is 0 Å². The van der Waals surface area contributed by atoms with Gasteiger partial charge in [-0.2, -0.15) is 4.99 Å². The van der Waals surface area contributed by atoms with E-state index in [1.165, 1.54) is 10.8 Å². The van der Waals surface area contributed by atoms with Gasteiger partial charge in [0.25, 0.3) is 0 Å². The van der Waals surface area contributed by atoms with Gasteiger partial charge >= 0.3 is 0 Å². The van der Waals surface area contributed by atoms with Gasteiger partial charge in [-0.05, 0) is 48.5 Å². The number of fused-ring (bicyclic) bond motifs is 7. The van der Waals surface area contributed by atoms with Crippen molar-refractivity contribution in [3.63, 3.8) is 0 Å². The van der Waals surface area contributed by atoms with E-state index in [1.807, 2.05) is 49.6 Å². The quantitative estimate of drug-likeness (QED) is 0.213. The molecular weight excluding hydrogens is 554 g/mol. The highest BCUT2D eigenvalue weighted by molar-refractivity contribution is 6.26. The zero-order valence-electron chi connectivity index (χ0n) is 24.5. The molecule has 0 spiro atoms. The first-order chi connectivity index (χ1) is 22.3. The molecule has 0 aliphatic carbocycles. The van der Waals surface area contributed by atoms with Crippen molar-refractivity contribution in [3.8, 4) is 5.69 Å². The summed E-state index contributed by atoms with van der Waals surface area (Å²) in [7, 11) is 2.00. The first-order valence-electron chi connectivity index (χ1n) is 15.0. The Hall–Kier alpha value is -6.08. The smallest absolute Gasteiger partial charge is 0.234 e. The van der Waals surface area contributed by atoms with Gasteiger partial charge in [-0.25, -0.2) is 4.99 Å². The third kappa shape index (κ3) is 3.84. The van der Waals surface area contributed by atoms with Crippen molar-refractivity contribution < 1.29 is 0 Å². The molecule has 4 aromatic heterocycles. The van der Waals surface area contributed by atoms with E-state index in [-0.39, 0.29) is 0 Å². The first kappa shape index (κ1) is 25.4. The Morgan fingerprint density at radius 2 is 1.13 bits per heavy atom. The summed E-state index contributed by atoms with van der Waals surface area (Å²) < 4.78 is 4.61. The fourth-order valence-corrected chi connectivity index (χ4v) is 6.70. The maximum Gasteiger partial charge on any atom is 0.234 e. The molecular formula is C38H27N7. The SMILES string of the molecule is CN1C(c2ccccn2)=NC(n2c3ccccc3c3ccc4c5ccccc5n(-c5ccccc5)c4c32)=NC1c1ccccn1. The number of nitrogens with zero attached hydrogens (tertiary/aromatic N) is 7. The summed E-state index contributed by atoms with van der Waals surface area (Å²) in [4.78, 5) is 22.1. The van der Waals surface area contributed by atoms with Crippen molar-refractivity contribution in [1.82, 2.24) is 24.0 Å². The standard InChI is InChI=1S/C38H27N7/c1-43-36(30-17-9-11-23-39-30)41-38(42-37(43)31-18-10-12-24-40-31)45-33-20-8-6-16-27(33)29-22-21-28-26-15-5-7-19-32(26)44(34(28)35(29)45)25-13-3-2-4-14-25/h2-24,36H,1H3. The van der Waals surface area contributed by atoms with Gasteiger partial charge in [0.1, 0.15) is 5.69 Å². The van der Waals surface area contributed by atoms with Crippen LogP contribution in [0.25, 0.3) is 49.3 Å². The van der Waals surface area contributed by atoms with E-state index in [1.54, 1.807) is 6.20 Å². The summed E-state index contributed by atoms with van der Waals surface area (Å²) >= 11 is 0. The number of para-hydroxylation sites is 3. The number of benzene rings is 4. The van der Waals surface area contributed by atoms with Crippen molar-refractivity contribution in [3.05, 3.63) is 151 Å². The Balaban J connectivity index is 1.45. The van der Waals surface area contributed by atoms with E-state index < -0.39 is 6.17 Å². The highest BCUT2D eigenvalue weighted by Gasteiger charge is 2.30. The number of amidine groups is 1. The van der Waals surface area contributed by atoms with Gasteiger partial charge in [0.05, 0.1) is 27.8 Å². The molecule has 0 saturated carbocycles. The molecule has 5 heterocycles. The Morgan fingerprint density at radius 3 is 1.80 bits per heavy atom.